The monoisotopic (exact) mass is 452 g/mol. The van der Waals surface area contributed by atoms with Crippen molar-refractivity contribution in [1.82, 2.24) is 15.3 Å². The molecular formula is C23H32N8O2. The fourth-order valence-electron chi connectivity index (χ4n) is 4.38. The lowest BCUT2D eigenvalue weighted by molar-refractivity contribution is 0.215. The molecule has 2 saturated heterocycles. The highest BCUT2D eigenvalue weighted by molar-refractivity contribution is 5.92. The van der Waals surface area contributed by atoms with Crippen molar-refractivity contribution >= 4 is 35.3 Å². The van der Waals surface area contributed by atoms with Crippen LogP contribution in [0.2, 0.25) is 0 Å². The molecule has 0 aliphatic carbocycles. The van der Waals surface area contributed by atoms with Gasteiger partial charge in [-0.2, -0.15) is 0 Å². The molecule has 0 bridgehead atoms. The summed E-state index contributed by atoms with van der Waals surface area (Å²) in [6.07, 6.45) is 8.37. The van der Waals surface area contributed by atoms with Gasteiger partial charge in [-0.3, -0.25) is 0 Å². The number of hydrogen-bond donors (Lipinski definition) is 3. The van der Waals surface area contributed by atoms with Gasteiger partial charge in [0.15, 0.2) is 0 Å². The summed E-state index contributed by atoms with van der Waals surface area (Å²) in [6.45, 7) is 3.68. The van der Waals surface area contributed by atoms with Crippen LogP contribution in [-0.2, 0) is 4.84 Å². The normalized spacial score (nSPS) is 17.2. The number of carbonyl (C=O) groups excluding carboxylic acids is 1. The molecule has 2 amide bonds. The number of anilines is 4. The number of nitrogens with zero attached hydrogens (tertiary/aromatic N) is 5. The molecule has 10 heteroatoms. The molecule has 0 atom stereocenters. The Morgan fingerprint density at radius 3 is 2.52 bits per heavy atom. The molecule has 0 spiro atoms. The van der Waals surface area contributed by atoms with E-state index in [1.165, 1.54) is 44.6 Å². The first-order valence-corrected chi connectivity index (χ1v) is 11.5. The van der Waals surface area contributed by atoms with E-state index in [2.05, 4.69) is 47.7 Å². The molecule has 33 heavy (non-hydrogen) atoms. The van der Waals surface area contributed by atoms with Gasteiger partial charge in [0.1, 0.15) is 25.1 Å². The molecule has 4 N–H and O–H groups in total. The van der Waals surface area contributed by atoms with Crippen molar-refractivity contribution < 1.29 is 9.63 Å². The zero-order valence-electron chi connectivity index (χ0n) is 19.0. The first kappa shape index (κ1) is 22.6. The smallest absolute Gasteiger partial charge is 0.319 e. The Bertz CT molecular complexity index is 951. The maximum absolute atomic E-state index is 12.5. The number of rotatable bonds is 6. The summed E-state index contributed by atoms with van der Waals surface area (Å²) in [4.78, 5) is 30.2. The van der Waals surface area contributed by atoms with E-state index < -0.39 is 0 Å². The summed E-state index contributed by atoms with van der Waals surface area (Å²) >= 11 is 0. The number of nitrogens with two attached hydrogens (primary N) is 1. The predicted molar refractivity (Wildman–Crippen MR) is 131 cm³/mol. The van der Waals surface area contributed by atoms with Gasteiger partial charge in [0.2, 0.25) is 0 Å². The van der Waals surface area contributed by atoms with Crippen LogP contribution in [-0.4, -0.2) is 61.5 Å². The molecule has 1 aromatic carbocycles. The van der Waals surface area contributed by atoms with Gasteiger partial charge in [0.05, 0.1) is 11.8 Å². The number of benzene rings is 1. The number of amides is 2. The SMILES string of the molecule is CON=Cc1c(N)ncnc1N1CCC(NC(=O)Nc2ccc(N3CCCCC3)cc2)CC1. The first-order chi connectivity index (χ1) is 16.1. The third-order valence-corrected chi connectivity index (χ3v) is 6.16. The van der Waals surface area contributed by atoms with Crippen LogP contribution in [0.1, 0.15) is 37.7 Å². The molecule has 176 valence electrons. The average molecular weight is 453 g/mol. The van der Waals surface area contributed by atoms with Gasteiger partial charge < -0.3 is 31.0 Å². The molecule has 2 aliphatic heterocycles. The number of aromatic nitrogens is 2. The molecule has 0 radical (unpaired) electrons. The molecule has 3 heterocycles. The average Bonchev–Trinajstić information content (AvgIpc) is 2.85. The number of piperidine rings is 2. The molecule has 2 aromatic rings. The molecule has 0 unspecified atom stereocenters. The quantitative estimate of drug-likeness (QED) is 0.455. The number of carbonyl (C=O) groups is 1. The summed E-state index contributed by atoms with van der Waals surface area (Å²) < 4.78 is 0. The summed E-state index contributed by atoms with van der Waals surface area (Å²) in [5.41, 5.74) is 8.64. The molecule has 4 rings (SSSR count). The Morgan fingerprint density at radius 2 is 1.82 bits per heavy atom. The Balaban J connectivity index is 1.27. The van der Waals surface area contributed by atoms with Crippen LogP contribution in [0.3, 0.4) is 0 Å². The maximum atomic E-state index is 12.5. The van der Waals surface area contributed by atoms with Crippen LogP contribution in [0.25, 0.3) is 0 Å². The summed E-state index contributed by atoms with van der Waals surface area (Å²) in [5, 5.41) is 9.84. The van der Waals surface area contributed by atoms with Crippen LogP contribution in [0.4, 0.5) is 27.8 Å². The Morgan fingerprint density at radius 1 is 1.09 bits per heavy atom. The van der Waals surface area contributed by atoms with Gasteiger partial charge in [-0.15, -0.1) is 0 Å². The van der Waals surface area contributed by atoms with Gasteiger partial charge in [0, 0.05) is 43.6 Å². The minimum absolute atomic E-state index is 0.0872. The number of nitrogen functional groups attached to an aromatic ring is 1. The van der Waals surface area contributed by atoms with Crippen molar-refractivity contribution in [3.63, 3.8) is 0 Å². The predicted octanol–water partition coefficient (Wildman–Crippen LogP) is 2.82. The van der Waals surface area contributed by atoms with Gasteiger partial charge in [-0.25, -0.2) is 14.8 Å². The Kier molecular flexibility index (Phi) is 7.43. The van der Waals surface area contributed by atoms with Crippen molar-refractivity contribution in [3.05, 3.63) is 36.2 Å². The number of hydrogen-bond acceptors (Lipinski definition) is 8. The van der Waals surface area contributed by atoms with Gasteiger partial charge in [-0.1, -0.05) is 5.16 Å². The van der Waals surface area contributed by atoms with E-state index in [0.717, 1.165) is 50.5 Å². The largest absolute Gasteiger partial charge is 0.399 e. The lowest BCUT2D eigenvalue weighted by atomic mass is 10.0. The molecule has 1 aromatic heterocycles. The second-order valence-corrected chi connectivity index (χ2v) is 8.37. The van der Waals surface area contributed by atoms with Crippen molar-refractivity contribution in [1.29, 1.82) is 0 Å². The Hall–Kier alpha value is -3.56. The number of oxime groups is 1. The minimum Gasteiger partial charge on any atom is -0.399 e. The molecule has 10 nitrogen and oxygen atoms in total. The zero-order chi connectivity index (χ0) is 23.0. The lowest BCUT2D eigenvalue weighted by Gasteiger charge is -2.33. The first-order valence-electron chi connectivity index (χ1n) is 11.5. The highest BCUT2D eigenvalue weighted by Crippen LogP contribution is 2.24. The second kappa shape index (κ2) is 10.8. The van der Waals surface area contributed by atoms with E-state index in [-0.39, 0.29) is 12.1 Å². The summed E-state index contributed by atoms with van der Waals surface area (Å²) in [6, 6.07) is 8.00. The highest BCUT2D eigenvalue weighted by Gasteiger charge is 2.24. The van der Waals surface area contributed by atoms with E-state index in [0.29, 0.717) is 11.4 Å². The number of nitrogens with one attached hydrogen (secondary N) is 2. The third-order valence-electron chi connectivity index (χ3n) is 6.16. The van der Waals surface area contributed by atoms with Crippen molar-refractivity contribution in [2.45, 2.75) is 38.1 Å². The van der Waals surface area contributed by atoms with Crippen molar-refractivity contribution in [3.8, 4) is 0 Å². The van der Waals surface area contributed by atoms with Gasteiger partial charge in [0.25, 0.3) is 0 Å². The summed E-state index contributed by atoms with van der Waals surface area (Å²) in [7, 11) is 1.47. The van der Waals surface area contributed by atoms with Crippen molar-refractivity contribution in [2.24, 2.45) is 5.16 Å². The molecule has 0 saturated carbocycles. The van der Waals surface area contributed by atoms with E-state index in [1.807, 2.05) is 12.1 Å². The van der Waals surface area contributed by atoms with E-state index in [9.17, 15) is 4.79 Å². The van der Waals surface area contributed by atoms with Crippen LogP contribution in [0.5, 0.6) is 0 Å². The fraction of sp³-hybridized carbons (Fsp3) is 0.478. The van der Waals surface area contributed by atoms with Crippen LogP contribution in [0, 0.1) is 0 Å². The lowest BCUT2D eigenvalue weighted by Crippen LogP contribution is -2.46. The van der Waals surface area contributed by atoms with Crippen LogP contribution in [0.15, 0.2) is 35.7 Å². The maximum Gasteiger partial charge on any atom is 0.319 e. The van der Waals surface area contributed by atoms with Crippen LogP contribution >= 0.6 is 0 Å². The topological polar surface area (TPSA) is 121 Å². The molecule has 2 aliphatic rings. The van der Waals surface area contributed by atoms with E-state index in [1.54, 1.807) is 0 Å². The van der Waals surface area contributed by atoms with E-state index >= 15 is 0 Å². The molecular weight excluding hydrogens is 420 g/mol. The van der Waals surface area contributed by atoms with Crippen LogP contribution < -0.4 is 26.2 Å². The summed E-state index contributed by atoms with van der Waals surface area (Å²) in [5.74, 6) is 1.08. The van der Waals surface area contributed by atoms with E-state index in [4.69, 9.17) is 10.6 Å². The standard InChI is InChI=1S/C23H32N8O2/c1-33-27-15-20-21(24)25-16-26-22(20)31-13-9-18(10-14-31)29-23(32)28-17-5-7-19(8-6-17)30-11-3-2-4-12-30/h5-8,15-16,18H,2-4,9-14H2,1H3,(H2,24,25,26)(H2,28,29,32). The molecule has 2 fully saturated rings. The van der Waals surface area contributed by atoms with Gasteiger partial charge in [-0.05, 0) is 56.4 Å². The third kappa shape index (κ3) is 5.82. The zero-order valence-corrected chi connectivity index (χ0v) is 19.0. The minimum atomic E-state index is -0.182. The Labute approximate surface area is 194 Å². The van der Waals surface area contributed by atoms with Gasteiger partial charge >= 0.3 is 6.03 Å². The second-order valence-electron chi connectivity index (χ2n) is 8.37. The van der Waals surface area contributed by atoms with Crippen molar-refractivity contribution in [2.75, 3.05) is 54.1 Å². The number of urea groups is 1. The fourth-order valence-corrected chi connectivity index (χ4v) is 4.38. The highest BCUT2D eigenvalue weighted by atomic mass is 16.6.